The van der Waals surface area contributed by atoms with Gasteiger partial charge in [-0.3, -0.25) is 10.1 Å². The summed E-state index contributed by atoms with van der Waals surface area (Å²) < 4.78 is 1.62. The van der Waals surface area contributed by atoms with Gasteiger partial charge in [-0.15, -0.1) is 0 Å². The first kappa shape index (κ1) is 14.7. The zero-order valence-corrected chi connectivity index (χ0v) is 13.4. The predicted octanol–water partition coefficient (Wildman–Crippen LogP) is 4.17. The first-order chi connectivity index (χ1) is 9.54. The summed E-state index contributed by atoms with van der Waals surface area (Å²) in [5.74, 6) is -0.459. The first-order valence-electron chi connectivity index (χ1n) is 5.68. The van der Waals surface area contributed by atoms with E-state index >= 15 is 0 Å². The molecule has 0 unspecified atom stereocenters. The average molecular weight is 398 g/mol. The van der Waals surface area contributed by atoms with Crippen molar-refractivity contribution in [2.75, 3.05) is 5.32 Å². The van der Waals surface area contributed by atoms with Crippen LogP contribution in [0.25, 0.3) is 0 Å². The molecule has 0 spiro atoms. The van der Waals surface area contributed by atoms with Gasteiger partial charge < -0.3 is 5.32 Å². The Kier molecular flexibility index (Phi) is 4.92. The molecule has 0 bridgehead atoms. The van der Waals surface area contributed by atoms with Gasteiger partial charge in [0.05, 0.1) is 0 Å². The van der Waals surface area contributed by atoms with Crippen molar-refractivity contribution in [1.29, 1.82) is 0 Å². The summed E-state index contributed by atoms with van der Waals surface area (Å²) in [5.41, 5.74) is 1.00. The summed E-state index contributed by atoms with van der Waals surface area (Å²) >= 11 is 6.58. The number of hydrogen-bond acceptors (Lipinski definition) is 2. The number of halogens is 2. The maximum absolute atomic E-state index is 11.9. The van der Waals surface area contributed by atoms with Crippen molar-refractivity contribution < 1.29 is 9.59 Å². The fraction of sp³-hybridized carbons (Fsp3) is 0. The highest BCUT2D eigenvalue weighted by Crippen LogP contribution is 2.15. The SMILES string of the molecule is O=C(NC(=O)c1cccc(Br)c1)Nc1cccc(Br)c1. The molecular weight excluding hydrogens is 388 g/mol. The van der Waals surface area contributed by atoms with Crippen molar-refractivity contribution in [3.63, 3.8) is 0 Å². The lowest BCUT2D eigenvalue weighted by Gasteiger charge is -2.07. The molecule has 2 aromatic carbocycles. The van der Waals surface area contributed by atoms with Crippen LogP contribution in [-0.4, -0.2) is 11.9 Å². The number of imide groups is 1. The van der Waals surface area contributed by atoms with Crippen molar-refractivity contribution in [3.05, 3.63) is 63.0 Å². The molecule has 6 heteroatoms. The van der Waals surface area contributed by atoms with Gasteiger partial charge in [0.2, 0.25) is 0 Å². The maximum atomic E-state index is 11.9. The molecule has 102 valence electrons. The van der Waals surface area contributed by atoms with Crippen LogP contribution in [-0.2, 0) is 0 Å². The summed E-state index contributed by atoms with van der Waals surface area (Å²) in [5, 5.41) is 4.85. The molecule has 0 fully saturated rings. The number of nitrogens with one attached hydrogen (secondary N) is 2. The van der Waals surface area contributed by atoms with Gasteiger partial charge in [-0.1, -0.05) is 44.0 Å². The van der Waals surface area contributed by atoms with Crippen LogP contribution in [0.3, 0.4) is 0 Å². The van der Waals surface area contributed by atoms with Gasteiger partial charge in [0, 0.05) is 20.2 Å². The summed E-state index contributed by atoms with van der Waals surface area (Å²) in [6.07, 6.45) is 0. The molecule has 2 N–H and O–H groups in total. The fourth-order valence-corrected chi connectivity index (χ4v) is 2.33. The van der Waals surface area contributed by atoms with E-state index in [-0.39, 0.29) is 0 Å². The van der Waals surface area contributed by atoms with E-state index in [1.54, 1.807) is 42.5 Å². The van der Waals surface area contributed by atoms with Crippen LogP contribution in [0.4, 0.5) is 10.5 Å². The quantitative estimate of drug-likeness (QED) is 0.798. The van der Waals surface area contributed by atoms with E-state index in [1.165, 1.54) is 0 Å². The van der Waals surface area contributed by atoms with Crippen molar-refractivity contribution >= 4 is 49.5 Å². The van der Waals surface area contributed by atoms with E-state index in [4.69, 9.17) is 0 Å². The number of anilines is 1. The van der Waals surface area contributed by atoms with Crippen molar-refractivity contribution in [3.8, 4) is 0 Å². The molecule has 20 heavy (non-hydrogen) atoms. The molecule has 3 amide bonds. The summed E-state index contributed by atoms with van der Waals surface area (Å²) in [7, 11) is 0. The van der Waals surface area contributed by atoms with E-state index in [1.807, 2.05) is 6.07 Å². The van der Waals surface area contributed by atoms with Crippen LogP contribution in [0.1, 0.15) is 10.4 Å². The number of rotatable bonds is 2. The lowest BCUT2D eigenvalue weighted by Crippen LogP contribution is -2.34. The van der Waals surface area contributed by atoms with Gasteiger partial charge in [0.25, 0.3) is 5.91 Å². The van der Waals surface area contributed by atoms with Gasteiger partial charge in [0.1, 0.15) is 0 Å². The molecule has 0 aromatic heterocycles. The predicted molar refractivity (Wildman–Crippen MR) is 84.8 cm³/mol. The summed E-state index contributed by atoms with van der Waals surface area (Å²) in [6, 6.07) is 13.3. The Balaban J connectivity index is 1.99. The molecule has 2 aromatic rings. The third kappa shape index (κ3) is 4.18. The number of carbonyl (C=O) groups is 2. The Morgan fingerprint density at radius 2 is 1.55 bits per heavy atom. The summed E-state index contributed by atoms with van der Waals surface area (Å²) in [6.45, 7) is 0. The largest absolute Gasteiger partial charge is 0.326 e. The summed E-state index contributed by atoms with van der Waals surface area (Å²) in [4.78, 5) is 23.6. The van der Waals surface area contributed by atoms with E-state index in [9.17, 15) is 9.59 Å². The third-order valence-corrected chi connectivity index (χ3v) is 3.38. The van der Waals surface area contributed by atoms with Gasteiger partial charge in [-0.25, -0.2) is 4.79 Å². The second-order valence-electron chi connectivity index (χ2n) is 3.93. The topological polar surface area (TPSA) is 58.2 Å². The number of benzene rings is 2. The average Bonchev–Trinajstić information content (AvgIpc) is 2.38. The van der Waals surface area contributed by atoms with Gasteiger partial charge in [-0.05, 0) is 36.4 Å². The molecular formula is C14H10Br2N2O2. The molecule has 0 aliphatic carbocycles. The van der Waals surface area contributed by atoms with Gasteiger partial charge in [-0.2, -0.15) is 0 Å². The molecule has 4 nitrogen and oxygen atoms in total. The van der Waals surface area contributed by atoms with Crippen molar-refractivity contribution in [2.24, 2.45) is 0 Å². The molecule has 0 radical (unpaired) electrons. The Morgan fingerprint density at radius 3 is 2.20 bits per heavy atom. The Morgan fingerprint density at radius 1 is 0.900 bits per heavy atom. The highest BCUT2D eigenvalue weighted by Gasteiger charge is 2.10. The lowest BCUT2D eigenvalue weighted by molar-refractivity contribution is 0.0967. The highest BCUT2D eigenvalue weighted by atomic mass is 79.9. The smallest absolute Gasteiger partial charge is 0.308 e. The van der Waals surface area contributed by atoms with Crippen LogP contribution in [0.2, 0.25) is 0 Å². The van der Waals surface area contributed by atoms with Crippen LogP contribution in [0, 0.1) is 0 Å². The third-order valence-electron chi connectivity index (χ3n) is 2.40. The molecule has 0 saturated carbocycles. The molecule has 0 atom stereocenters. The maximum Gasteiger partial charge on any atom is 0.326 e. The highest BCUT2D eigenvalue weighted by molar-refractivity contribution is 9.10. The van der Waals surface area contributed by atoms with E-state index < -0.39 is 11.9 Å². The van der Waals surface area contributed by atoms with E-state index in [2.05, 4.69) is 42.5 Å². The minimum absolute atomic E-state index is 0.406. The van der Waals surface area contributed by atoms with Gasteiger partial charge >= 0.3 is 6.03 Å². The standard InChI is InChI=1S/C14H10Br2N2O2/c15-10-4-1-3-9(7-10)13(19)18-14(20)17-12-6-2-5-11(16)8-12/h1-8H,(H2,17,18,19,20). The molecule has 0 heterocycles. The zero-order valence-electron chi connectivity index (χ0n) is 10.2. The second-order valence-corrected chi connectivity index (χ2v) is 5.76. The van der Waals surface area contributed by atoms with Crippen LogP contribution in [0.15, 0.2) is 57.5 Å². The minimum atomic E-state index is -0.576. The van der Waals surface area contributed by atoms with E-state index in [0.29, 0.717) is 11.3 Å². The van der Waals surface area contributed by atoms with Crippen molar-refractivity contribution in [2.45, 2.75) is 0 Å². The first-order valence-corrected chi connectivity index (χ1v) is 7.26. The molecule has 2 rings (SSSR count). The van der Waals surface area contributed by atoms with Gasteiger partial charge in [0.15, 0.2) is 0 Å². The lowest BCUT2D eigenvalue weighted by atomic mass is 10.2. The van der Waals surface area contributed by atoms with Crippen LogP contribution < -0.4 is 10.6 Å². The number of urea groups is 1. The Bertz CT molecular complexity index is 659. The Hall–Kier alpha value is -1.66. The minimum Gasteiger partial charge on any atom is -0.308 e. The number of carbonyl (C=O) groups excluding carboxylic acids is 2. The molecule has 0 aliphatic heterocycles. The number of hydrogen-bond donors (Lipinski definition) is 2. The normalized spacial score (nSPS) is 9.90. The Labute approximate surface area is 132 Å². The van der Waals surface area contributed by atoms with Crippen LogP contribution >= 0.6 is 31.9 Å². The van der Waals surface area contributed by atoms with Crippen LogP contribution in [0.5, 0.6) is 0 Å². The number of amides is 3. The molecule has 0 aliphatic rings. The van der Waals surface area contributed by atoms with Crippen molar-refractivity contribution in [1.82, 2.24) is 5.32 Å². The molecule has 0 saturated heterocycles. The monoisotopic (exact) mass is 396 g/mol. The van der Waals surface area contributed by atoms with E-state index in [0.717, 1.165) is 8.95 Å². The fourth-order valence-electron chi connectivity index (χ4n) is 1.53. The second kappa shape index (κ2) is 6.67. The zero-order chi connectivity index (χ0) is 14.5.